The molecule has 0 spiro atoms. The van der Waals surface area contributed by atoms with Crippen LogP contribution in [0.15, 0.2) is 18.2 Å². The third kappa shape index (κ3) is 3.36. The van der Waals surface area contributed by atoms with Gasteiger partial charge < -0.3 is 5.32 Å². The molecular formula is C14H18ClN3O2. The summed E-state index contributed by atoms with van der Waals surface area (Å²) in [7, 11) is 0. The molecule has 2 unspecified atom stereocenters. The Morgan fingerprint density at radius 1 is 1.35 bits per heavy atom. The Kier molecular flexibility index (Phi) is 4.75. The number of benzene rings is 1. The van der Waals surface area contributed by atoms with Crippen molar-refractivity contribution in [2.24, 2.45) is 0 Å². The van der Waals surface area contributed by atoms with Crippen LogP contribution in [0.5, 0.6) is 0 Å². The van der Waals surface area contributed by atoms with Crippen molar-refractivity contribution in [2.75, 3.05) is 0 Å². The molecular weight excluding hydrogens is 278 g/mol. The lowest BCUT2D eigenvalue weighted by Gasteiger charge is -2.12. The largest absolute Gasteiger partial charge is 0.351 e. The predicted molar refractivity (Wildman–Crippen MR) is 77.2 cm³/mol. The van der Waals surface area contributed by atoms with E-state index in [-0.39, 0.29) is 23.8 Å². The Hall–Kier alpha value is -1.43. The molecule has 2 atom stereocenters. The standard InChI is InChI=1S/C14H18ClN3O2/c1-8-10(4-3-5-11(8)15)7-16-14(20)13-6-12(9(2)19)17-18-13/h3-5,12-13,17-18H,6-7H2,1-2H3,(H,16,20). The molecule has 1 amide bonds. The monoisotopic (exact) mass is 295 g/mol. The van der Waals surface area contributed by atoms with Crippen LogP contribution in [0.25, 0.3) is 0 Å². The lowest BCUT2D eigenvalue weighted by Crippen LogP contribution is -2.43. The third-order valence-corrected chi connectivity index (χ3v) is 3.95. The van der Waals surface area contributed by atoms with Gasteiger partial charge in [-0.1, -0.05) is 23.7 Å². The minimum Gasteiger partial charge on any atom is -0.351 e. The van der Waals surface area contributed by atoms with E-state index in [0.29, 0.717) is 18.0 Å². The first-order chi connectivity index (χ1) is 9.49. The zero-order chi connectivity index (χ0) is 14.7. The third-order valence-electron chi connectivity index (χ3n) is 3.54. The Labute approximate surface area is 123 Å². The average Bonchev–Trinajstić information content (AvgIpc) is 2.90. The van der Waals surface area contributed by atoms with Crippen molar-refractivity contribution in [3.63, 3.8) is 0 Å². The van der Waals surface area contributed by atoms with Gasteiger partial charge in [0, 0.05) is 11.6 Å². The number of amides is 1. The zero-order valence-corrected chi connectivity index (χ0v) is 12.3. The maximum Gasteiger partial charge on any atom is 0.238 e. The lowest BCUT2D eigenvalue weighted by molar-refractivity contribution is -0.123. The Bertz CT molecular complexity index is 533. The first-order valence-electron chi connectivity index (χ1n) is 6.52. The number of rotatable bonds is 4. The summed E-state index contributed by atoms with van der Waals surface area (Å²) in [5, 5.41) is 3.55. The molecule has 0 radical (unpaired) electrons. The fourth-order valence-electron chi connectivity index (χ4n) is 2.14. The molecule has 0 bridgehead atoms. The first kappa shape index (κ1) is 15.0. The van der Waals surface area contributed by atoms with Gasteiger partial charge in [0.25, 0.3) is 0 Å². The molecule has 1 fully saturated rings. The molecule has 0 aromatic heterocycles. The average molecular weight is 296 g/mol. The highest BCUT2D eigenvalue weighted by Gasteiger charge is 2.31. The van der Waals surface area contributed by atoms with E-state index < -0.39 is 0 Å². The summed E-state index contributed by atoms with van der Waals surface area (Å²) >= 11 is 6.04. The van der Waals surface area contributed by atoms with Gasteiger partial charge in [0.05, 0.1) is 6.04 Å². The van der Waals surface area contributed by atoms with Crippen molar-refractivity contribution >= 4 is 23.3 Å². The SMILES string of the molecule is CC(=O)C1CC(C(=O)NCc2cccc(Cl)c2C)NN1. The Morgan fingerprint density at radius 2 is 2.05 bits per heavy atom. The number of carbonyl (C=O) groups is 2. The topological polar surface area (TPSA) is 70.2 Å². The summed E-state index contributed by atoms with van der Waals surface area (Å²) in [5.74, 6) is -0.0980. The number of hydrogen-bond acceptors (Lipinski definition) is 4. The molecule has 0 saturated carbocycles. The van der Waals surface area contributed by atoms with E-state index in [9.17, 15) is 9.59 Å². The van der Waals surface area contributed by atoms with Crippen molar-refractivity contribution in [3.05, 3.63) is 34.3 Å². The van der Waals surface area contributed by atoms with Crippen molar-refractivity contribution < 1.29 is 9.59 Å². The fourth-order valence-corrected chi connectivity index (χ4v) is 2.34. The van der Waals surface area contributed by atoms with Gasteiger partial charge in [0.15, 0.2) is 0 Å². The molecule has 1 heterocycles. The highest BCUT2D eigenvalue weighted by Crippen LogP contribution is 2.18. The molecule has 2 rings (SSSR count). The normalized spacial score (nSPS) is 21.8. The minimum absolute atomic E-state index is 0.0264. The van der Waals surface area contributed by atoms with E-state index >= 15 is 0 Å². The number of halogens is 1. The van der Waals surface area contributed by atoms with Crippen LogP contribution >= 0.6 is 11.6 Å². The number of ketones is 1. The van der Waals surface area contributed by atoms with Gasteiger partial charge in [-0.05, 0) is 37.5 Å². The second-order valence-corrected chi connectivity index (χ2v) is 5.39. The van der Waals surface area contributed by atoms with Gasteiger partial charge in [0.1, 0.15) is 11.8 Å². The second-order valence-electron chi connectivity index (χ2n) is 4.98. The van der Waals surface area contributed by atoms with Gasteiger partial charge >= 0.3 is 0 Å². The van der Waals surface area contributed by atoms with Crippen molar-refractivity contribution in [1.29, 1.82) is 0 Å². The van der Waals surface area contributed by atoms with Crippen molar-refractivity contribution in [2.45, 2.75) is 38.9 Å². The van der Waals surface area contributed by atoms with E-state index in [1.807, 2.05) is 25.1 Å². The molecule has 3 N–H and O–H groups in total. The van der Waals surface area contributed by atoms with Gasteiger partial charge in [-0.2, -0.15) is 0 Å². The molecule has 6 heteroatoms. The number of hydrogen-bond donors (Lipinski definition) is 3. The molecule has 20 heavy (non-hydrogen) atoms. The summed E-state index contributed by atoms with van der Waals surface area (Å²) in [6.45, 7) is 3.86. The van der Waals surface area contributed by atoms with Crippen LogP contribution in [-0.2, 0) is 16.1 Å². The predicted octanol–water partition coefficient (Wildman–Crippen LogP) is 1.09. The number of carbonyl (C=O) groups excluding carboxylic acids is 2. The fraction of sp³-hybridized carbons (Fsp3) is 0.429. The molecule has 1 aromatic rings. The van der Waals surface area contributed by atoms with Crippen LogP contribution in [0, 0.1) is 6.92 Å². The van der Waals surface area contributed by atoms with Gasteiger partial charge in [-0.15, -0.1) is 0 Å². The number of nitrogens with one attached hydrogen (secondary N) is 3. The van der Waals surface area contributed by atoms with Gasteiger partial charge in [-0.3, -0.25) is 9.59 Å². The van der Waals surface area contributed by atoms with E-state index in [1.54, 1.807) is 0 Å². The van der Waals surface area contributed by atoms with Crippen LogP contribution in [-0.4, -0.2) is 23.8 Å². The summed E-state index contributed by atoms with van der Waals surface area (Å²) in [5.41, 5.74) is 7.62. The maximum absolute atomic E-state index is 12.0. The quantitative estimate of drug-likeness (QED) is 0.778. The van der Waals surface area contributed by atoms with E-state index in [1.165, 1.54) is 6.92 Å². The van der Waals surface area contributed by atoms with Gasteiger partial charge in [0.2, 0.25) is 5.91 Å². The summed E-state index contributed by atoms with van der Waals surface area (Å²) in [4.78, 5) is 23.3. The number of hydrazine groups is 1. The van der Waals surface area contributed by atoms with E-state index in [2.05, 4.69) is 16.2 Å². The zero-order valence-electron chi connectivity index (χ0n) is 11.5. The smallest absolute Gasteiger partial charge is 0.238 e. The highest BCUT2D eigenvalue weighted by atomic mass is 35.5. The molecule has 1 aromatic carbocycles. The second kappa shape index (κ2) is 6.35. The van der Waals surface area contributed by atoms with Crippen LogP contribution in [0.1, 0.15) is 24.5 Å². The first-order valence-corrected chi connectivity index (χ1v) is 6.90. The van der Waals surface area contributed by atoms with E-state index in [0.717, 1.165) is 11.1 Å². The highest BCUT2D eigenvalue weighted by molar-refractivity contribution is 6.31. The van der Waals surface area contributed by atoms with Crippen molar-refractivity contribution in [1.82, 2.24) is 16.2 Å². The minimum atomic E-state index is -0.386. The molecule has 5 nitrogen and oxygen atoms in total. The Morgan fingerprint density at radius 3 is 2.70 bits per heavy atom. The number of Topliss-reactive ketones (excluding diaryl/α,β-unsaturated/α-hetero) is 1. The van der Waals surface area contributed by atoms with Crippen molar-refractivity contribution in [3.8, 4) is 0 Å². The maximum atomic E-state index is 12.0. The van der Waals surface area contributed by atoms with Crippen LogP contribution < -0.4 is 16.2 Å². The molecule has 1 aliphatic heterocycles. The summed E-state index contributed by atoms with van der Waals surface area (Å²) in [6.07, 6.45) is 0.468. The molecule has 1 saturated heterocycles. The Balaban J connectivity index is 1.90. The summed E-state index contributed by atoms with van der Waals surface area (Å²) in [6, 6.07) is 4.93. The van der Waals surface area contributed by atoms with Crippen LogP contribution in [0.2, 0.25) is 5.02 Å². The molecule has 0 aliphatic carbocycles. The summed E-state index contributed by atoms with van der Waals surface area (Å²) < 4.78 is 0. The van der Waals surface area contributed by atoms with Gasteiger partial charge in [-0.25, -0.2) is 10.9 Å². The lowest BCUT2D eigenvalue weighted by atomic mass is 10.1. The van der Waals surface area contributed by atoms with Crippen LogP contribution in [0.4, 0.5) is 0 Å². The molecule has 1 aliphatic rings. The molecule has 108 valence electrons. The van der Waals surface area contributed by atoms with E-state index in [4.69, 9.17) is 11.6 Å². The van der Waals surface area contributed by atoms with Crippen LogP contribution in [0.3, 0.4) is 0 Å².